The second kappa shape index (κ2) is 5.47. The van der Waals surface area contributed by atoms with Crippen LogP contribution in [0, 0.1) is 0 Å². The van der Waals surface area contributed by atoms with Crippen LogP contribution in [0.2, 0.25) is 0 Å². The Kier molecular flexibility index (Phi) is 3.20. The van der Waals surface area contributed by atoms with Crippen molar-refractivity contribution in [3.63, 3.8) is 0 Å². The third-order valence-corrected chi connectivity index (χ3v) is 5.62. The number of hydrogen-bond donors (Lipinski definition) is 1. The van der Waals surface area contributed by atoms with Crippen molar-refractivity contribution in [1.29, 1.82) is 0 Å². The Morgan fingerprint density at radius 2 is 1.38 bits per heavy atom. The number of nitrogens with one attached hydrogen (secondary N) is 1. The highest BCUT2D eigenvalue weighted by molar-refractivity contribution is 6.03. The van der Waals surface area contributed by atoms with E-state index >= 15 is 0 Å². The van der Waals surface area contributed by atoms with E-state index in [4.69, 9.17) is 0 Å². The first-order valence-corrected chi connectivity index (χ1v) is 9.14. The predicted molar refractivity (Wildman–Crippen MR) is 111 cm³/mol. The zero-order valence-corrected chi connectivity index (χ0v) is 15.1. The highest BCUT2D eigenvalue weighted by atomic mass is 14.9. The van der Waals surface area contributed by atoms with Gasteiger partial charge in [0, 0.05) is 16.8 Å². The first-order chi connectivity index (χ1) is 12.6. The van der Waals surface area contributed by atoms with E-state index in [0.29, 0.717) is 0 Å². The molecule has 4 aromatic carbocycles. The van der Waals surface area contributed by atoms with E-state index in [9.17, 15) is 0 Å². The summed E-state index contributed by atoms with van der Waals surface area (Å²) in [5.41, 5.74) is 7.70. The Balaban J connectivity index is 1.72. The molecular weight excluding hydrogens is 314 g/mol. The number of rotatable bonds is 2. The lowest BCUT2D eigenvalue weighted by molar-refractivity contribution is 0.645. The standard InChI is InChI=1S/C25H21N/c1-25(2)22-13-7-9-17-8-6-12-21(24(17)22)20-15-14-19(16-23(20)25)26-18-10-4-3-5-11-18/h3-16,26H,1-2H3. The molecule has 0 spiro atoms. The molecule has 1 aliphatic rings. The summed E-state index contributed by atoms with van der Waals surface area (Å²) in [5, 5.41) is 6.26. The van der Waals surface area contributed by atoms with Gasteiger partial charge >= 0.3 is 0 Å². The summed E-state index contributed by atoms with van der Waals surface area (Å²) >= 11 is 0. The van der Waals surface area contributed by atoms with Crippen LogP contribution in [0.3, 0.4) is 0 Å². The van der Waals surface area contributed by atoms with Crippen molar-refractivity contribution in [2.75, 3.05) is 5.32 Å². The van der Waals surface area contributed by atoms with Crippen molar-refractivity contribution in [2.45, 2.75) is 19.3 Å². The van der Waals surface area contributed by atoms with Gasteiger partial charge in [-0.2, -0.15) is 0 Å². The average molecular weight is 335 g/mol. The number of anilines is 2. The van der Waals surface area contributed by atoms with Crippen LogP contribution in [-0.4, -0.2) is 0 Å². The highest BCUT2D eigenvalue weighted by Gasteiger charge is 2.33. The lowest BCUT2D eigenvalue weighted by Gasteiger charge is -2.35. The molecule has 1 N–H and O–H groups in total. The zero-order valence-electron chi connectivity index (χ0n) is 15.1. The summed E-state index contributed by atoms with van der Waals surface area (Å²) in [6.07, 6.45) is 0. The van der Waals surface area contributed by atoms with Crippen LogP contribution >= 0.6 is 0 Å². The van der Waals surface area contributed by atoms with Crippen LogP contribution in [0.25, 0.3) is 21.9 Å². The molecule has 1 heteroatoms. The van der Waals surface area contributed by atoms with E-state index in [1.165, 1.54) is 33.0 Å². The fourth-order valence-corrected chi connectivity index (χ4v) is 4.29. The van der Waals surface area contributed by atoms with E-state index < -0.39 is 0 Å². The number of benzene rings is 4. The van der Waals surface area contributed by atoms with Gasteiger partial charge in [-0.05, 0) is 57.3 Å². The van der Waals surface area contributed by atoms with Crippen LogP contribution in [0.5, 0.6) is 0 Å². The lowest BCUT2D eigenvalue weighted by Crippen LogP contribution is -2.23. The van der Waals surface area contributed by atoms with Crippen molar-refractivity contribution < 1.29 is 0 Å². The summed E-state index contributed by atoms with van der Waals surface area (Å²) in [4.78, 5) is 0. The molecule has 1 nitrogen and oxygen atoms in total. The fourth-order valence-electron chi connectivity index (χ4n) is 4.29. The Hall–Kier alpha value is -3.06. The minimum atomic E-state index is -0.0302. The van der Waals surface area contributed by atoms with Crippen LogP contribution in [0.4, 0.5) is 11.4 Å². The maximum atomic E-state index is 3.54. The van der Waals surface area contributed by atoms with E-state index in [1.807, 2.05) is 6.07 Å². The first kappa shape index (κ1) is 15.2. The molecule has 0 aromatic heterocycles. The number of fused-ring (bicyclic) bond motifs is 2. The van der Waals surface area contributed by atoms with Gasteiger partial charge in [-0.1, -0.05) is 74.5 Å². The van der Waals surface area contributed by atoms with Gasteiger partial charge in [0.2, 0.25) is 0 Å². The molecule has 126 valence electrons. The van der Waals surface area contributed by atoms with Crippen molar-refractivity contribution in [1.82, 2.24) is 0 Å². The van der Waals surface area contributed by atoms with E-state index in [1.54, 1.807) is 0 Å². The zero-order chi connectivity index (χ0) is 17.7. The normalized spacial score (nSPS) is 14.1. The lowest BCUT2D eigenvalue weighted by atomic mass is 9.68. The van der Waals surface area contributed by atoms with E-state index in [0.717, 1.165) is 11.4 Å². The van der Waals surface area contributed by atoms with Crippen LogP contribution in [0.15, 0.2) is 84.9 Å². The molecule has 0 saturated carbocycles. The molecule has 1 aliphatic carbocycles. The molecule has 0 radical (unpaired) electrons. The second-order valence-corrected chi connectivity index (χ2v) is 7.59. The van der Waals surface area contributed by atoms with E-state index in [2.05, 4.69) is 98.0 Å². The molecule has 5 rings (SSSR count). The van der Waals surface area contributed by atoms with Gasteiger partial charge < -0.3 is 5.32 Å². The molecule has 0 saturated heterocycles. The summed E-state index contributed by atoms with van der Waals surface area (Å²) < 4.78 is 0. The molecule has 0 fully saturated rings. The summed E-state index contributed by atoms with van der Waals surface area (Å²) in [6.45, 7) is 4.67. The average Bonchev–Trinajstić information content (AvgIpc) is 2.67. The van der Waals surface area contributed by atoms with Gasteiger partial charge in [0.1, 0.15) is 0 Å². The van der Waals surface area contributed by atoms with Crippen LogP contribution < -0.4 is 5.32 Å². The third-order valence-electron chi connectivity index (χ3n) is 5.62. The SMILES string of the molecule is CC1(C)c2cc(Nc3ccccc3)ccc2-c2cccc3cccc1c23. The van der Waals surface area contributed by atoms with Crippen molar-refractivity contribution in [2.24, 2.45) is 0 Å². The summed E-state index contributed by atoms with van der Waals surface area (Å²) in [5.74, 6) is 0. The Morgan fingerprint density at radius 3 is 2.19 bits per heavy atom. The molecule has 0 aliphatic heterocycles. The summed E-state index contributed by atoms with van der Waals surface area (Å²) in [7, 11) is 0. The molecular formula is C25H21N. The van der Waals surface area contributed by atoms with Crippen LogP contribution in [-0.2, 0) is 5.41 Å². The minimum Gasteiger partial charge on any atom is -0.356 e. The molecule has 4 aromatic rings. The fraction of sp³-hybridized carbons (Fsp3) is 0.120. The summed E-state index contributed by atoms with van der Waals surface area (Å²) in [6, 6.07) is 30.4. The minimum absolute atomic E-state index is 0.0302. The molecule has 0 atom stereocenters. The quantitative estimate of drug-likeness (QED) is 0.420. The smallest absolute Gasteiger partial charge is 0.0387 e. The van der Waals surface area contributed by atoms with Gasteiger partial charge in [0.05, 0.1) is 0 Å². The molecule has 0 heterocycles. The molecule has 0 bridgehead atoms. The molecule has 0 unspecified atom stereocenters. The maximum Gasteiger partial charge on any atom is 0.0387 e. The maximum absolute atomic E-state index is 3.54. The monoisotopic (exact) mass is 335 g/mol. The largest absolute Gasteiger partial charge is 0.356 e. The first-order valence-electron chi connectivity index (χ1n) is 9.14. The Bertz CT molecular complexity index is 1120. The predicted octanol–water partition coefficient (Wildman–Crippen LogP) is 6.89. The number of hydrogen-bond acceptors (Lipinski definition) is 1. The van der Waals surface area contributed by atoms with Crippen molar-refractivity contribution >= 4 is 22.1 Å². The van der Waals surface area contributed by atoms with Crippen molar-refractivity contribution in [3.05, 3.63) is 96.1 Å². The van der Waals surface area contributed by atoms with Gasteiger partial charge in [-0.15, -0.1) is 0 Å². The Labute approximate surface area is 154 Å². The van der Waals surface area contributed by atoms with E-state index in [-0.39, 0.29) is 5.41 Å². The topological polar surface area (TPSA) is 12.0 Å². The van der Waals surface area contributed by atoms with Gasteiger partial charge in [0.25, 0.3) is 0 Å². The third kappa shape index (κ3) is 2.17. The van der Waals surface area contributed by atoms with Gasteiger partial charge in [-0.25, -0.2) is 0 Å². The van der Waals surface area contributed by atoms with Gasteiger partial charge in [-0.3, -0.25) is 0 Å². The Morgan fingerprint density at radius 1 is 0.615 bits per heavy atom. The highest BCUT2D eigenvalue weighted by Crippen LogP contribution is 2.49. The van der Waals surface area contributed by atoms with Crippen molar-refractivity contribution in [3.8, 4) is 11.1 Å². The van der Waals surface area contributed by atoms with Gasteiger partial charge in [0.15, 0.2) is 0 Å². The molecule has 26 heavy (non-hydrogen) atoms. The molecule has 0 amide bonds. The second-order valence-electron chi connectivity index (χ2n) is 7.59. The van der Waals surface area contributed by atoms with Crippen LogP contribution in [0.1, 0.15) is 25.0 Å². The number of para-hydroxylation sites is 1.